The van der Waals surface area contributed by atoms with Gasteiger partial charge in [0, 0.05) is 0 Å². The maximum atomic E-state index is 2.53. The highest BCUT2D eigenvalue weighted by atomic mass is 14.5. The molecule has 0 saturated heterocycles. The molecule has 5 aromatic carbocycles. The van der Waals surface area contributed by atoms with Crippen molar-refractivity contribution in [3.05, 3.63) is 155 Å². The summed E-state index contributed by atoms with van der Waals surface area (Å²) in [5, 5.41) is 0. The van der Waals surface area contributed by atoms with Crippen LogP contribution in [0.15, 0.2) is 127 Å². The molecule has 0 bridgehead atoms. The molecule has 2 atom stereocenters. The number of hydrogen-bond donors (Lipinski definition) is 0. The zero-order chi connectivity index (χ0) is 28.8. The molecule has 0 heterocycles. The summed E-state index contributed by atoms with van der Waals surface area (Å²) < 4.78 is 0. The maximum Gasteiger partial charge on any atom is 0.0713 e. The van der Waals surface area contributed by atoms with Crippen LogP contribution in [0.1, 0.15) is 81.7 Å². The van der Waals surface area contributed by atoms with E-state index in [9.17, 15) is 0 Å². The Bertz CT molecular complexity index is 1640. The van der Waals surface area contributed by atoms with Crippen molar-refractivity contribution in [3.63, 3.8) is 0 Å². The molecular weight excluding hydrogens is 492 g/mol. The van der Waals surface area contributed by atoms with E-state index in [-0.39, 0.29) is 16.2 Å². The molecule has 1 aliphatic rings. The smallest absolute Gasteiger partial charge is 0.0622 e. The highest BCUT2D eigenvalue weighted by Crippen LogP contribution is 2.57. The lowest BCUT2D eigenvalue weighted by Gasteiger charge is -2.37. The van der Waals surface area contributed by atoms with Crippen LogP contribution < -0.4 is 0 Å². The number of benzene rings is 5. The summed E-state index contributed by atoms with van der Waals surface area (Å²) in [6, 6.07) is 47.6. The van der Waals surface area contributed by atoms with Crippen LogP contribution in [-0.4, -0.2) is 0 Å². The third-order valence-corrected chi connectivity index (χ3v) is 8.96. The number of fused-ring (bicyclic) bond motifs is 3. The van der Waals surface area contributed by atoms with Gasteiger partial charge in [-0.15, -0.1) is 0 Å². The molecule has 0 heteroatoms. The van der Waals surface area contributed by atoms with Crippen molar-refractivity contribution in [1.29, 1.82) is 0 Å². The molecule has 2 unspecified atom stereocenters. The van der Waals surface area contributed by atoms with E-state index in [2.05, 4.69) is 169 Å². The van der Waals surface area contributed by atoms with Gasteiger partial charge < -0.3 is 0 Å². The fraction of sp³-hybridized carbons (Fsp3) is 0.268. The SMILES string of the molecule is CC(C)(C)CC(c1ccc2c(c1)-c1ccccc1C2(c1ccccc1)c1ccc(-c2ccccc2)cc1)C(C)(C)C. The first-order valence-corrected chi connectivity index (χ1v) is 15.0. The minimum Gasteiger partial charge on any atom is -0.0622 e. The van der Waals surface area contributed by atoms with Gasteiger partial charge in [0.1, 0.15) is 0 Å². The summed E-state index contributed by atoms with van der Waals surface area (Å²) in [6.45, 7) is 14.3. The van der Waals surface area contributed by atoms with Crippen molar-refractivity contribution >= 4 is 0 Å². The van der Waals surface area contributed by atoms with Crippen LogP contribution in [0.4, 0.5) is 0 Å². The van der Waals surface area contributed by atoms with Gasteiger partial charge in [0.2, 0.25) is 0 Å². The summed E-state index contributed by atoms with van der Waals surface area (Å²) in [5.74, 6) is 0.469. The van der Waals surface area contributed by atoms with E-state index in [0.29, 0.717) is 5.92 Å². The fourth-order valence-corrected chi connectivity index (χ4v) is 7.08. The highest BCUT2D eigenvalue weighted by molar-refractivity contribution is 5.87. The summed E-state index contributed by atoms with van der Waals surface area (Å²) in [6.07, 6.45) is 1.15. The molecule has 206 valence electrons. The van der Waals surface area contributed by atoms with Gasteiger partial charge in [-0.1, -0.05) is 169 Å². The van der Waals surface area contributed by atoms with E-state index < -0.39 is 0 Å². The van der Waals surface area contributed by atoms with Crippen molar-refractivity contribution in [3.8, 4) is 22.3 Å². The molecule has 0 aromatic heterocycles. The second-order valence-electron chi connectivity index (χ2n) is 14.1. The van der Waals surface area contributed by atoms with E-state index in [0.717, 1.165) is 6.42 Å². The van der Waals surface area contributed by atoms with Crippen LogP contribution in [0.3, 0.4) is 0 Å². The molecule has 0 N–H and O–H groups in total. The van der Waals surface area contributed by atoms with Crippen molar-refractivity contribution in [1.82, 2.24) is 0 Å². The van der Waals surface area contributed by atoms with Crippen molar-refractivity contribution in [2.45, 2.75) is 59.3 Å². The van der Waals surface area contributed by atoms with Crippen LogP contribution >= 0.6 is 0 Å². The average molecular weight is 535 g/mol. The number of hydrogen-bond acceptors (Lipinski definition) is 0. The van der Waals surface area contributed by atoms with Gasteiger partial charge in [-0.25, -0.2) is 0 Å². The first-order chi connectivity index (χ1) is 19.6. The van der Waals surface area contributed by atoms with Crippen LogP contribution in [0, 0.1) is 10.8 Å². The van der Waals surface area contributed by atoms with Crippen LogP contribution in [0.25, 0.3) is 22.3 Å². The zero-order valence-corrected chi connectivity index (χ0v) is 25.4. The summed E-state index contributed by atoms with van der Waals surface area (Å²) in [7, 11) is 0. The van der Waals surface area contributed by atoms with E-state index in [1.807, 2.05) is 0 Å². The Morgan fingerprint density at radius 3 is 1.68 bits per heavy atom. The molecule has 0 fully saturated rings. The molecule has 41 heavy (non-hydrogen) atoms. The topological polar surface area (TPSA) is 0 Å². The molecule has 0 amide bonds. The fourth-order valence-electron chi connectivity index (χ4n) is 7.08. The third kappa shape index (κ3) is 4.84. The predicted molar refractivity (Wildman–Crippen MR) is 175 cm³/mol. The molecule has 6 rings (SSSR count). The van der Waals surface area contributed by atoms with Crippen LogP contribution in [0.2, 0.25) is 0 Å². The second-order valence-corrected chi connectivity index (χ2v) is 14.1. The molecule has 5 aromatic rings. The molecular formula is C41H42. The molecule has 0 saturated carbocycles. The third-order valence-electron chi connectivity index (χ3n) is 8.96. The van der Waals surface area contributed by atoms with E-state index in [4.69, 9.17) is 0 Å². The Kier molecular flexibility index (Phi) is 6.77. The predicted octanol–water partition coefficient (Wildman–Crippen LogP) is 11.3. The summed E-state index contributed by atoms with van der Waals surface area (Å²) in [5.41, 5.74) is 12.1. The standard InChI is InChI=1S/C41H42/c1-39(2,3)28-38(40(4,5)6)31-23-26-37-35(27-31)34-19-13-14-20-36(34)41(37,32-17-11-8-12-18-32)33-24-21-30(22-25-33)29-15-9-7-10-16-29/h7-27,38H,28H2,1-6H3. The van der Waals surface area contributed by atoms with Crippen LogP contribution in [-0.2, 0) is 5.41 Å². The quantitative estimate of drug-likeness (QED) is 0.206. The van der Waals surface area contributed by atoms with E-state index >= 15 is 0 Å². The van der Waals surface area contributed by atoms with Gasteiger partial charge in [-0.05, 0) is 73.2 Å². The normalized spacial score (nSPS) is 17.1. The lowest BCUT2D eigenvalue weighted by Crippen LogP contribution is -2.28. The van der Waals surface area contributed by atoms with Crippen molar-refractivity contribution in [2.75, 3.05) is 0 Å². The lowest BCUT2D eigenvalue weighted by molar-refractivity contribution is 0.229. The van der Waals surface area contributed by atoms with Gasteiger partial charge >= 0.3 is 0 Å². The molecule has 1 aliphatic carbocycles. The molecule has 0 aliphatic heterocycles. The largest absolute Gasteiger partial charge is 0.0713 e. The average Bonchev–Trinajstić information content (AvgIpc) is 3.26. The Labute approximate surface area is 247 Å². The minimum atomic E-state index is -0.373. The monoisotopic (exact) mass is 534 g/mol. The number of rotatable bonds is 5. The maximum absolute atomic E-state index is 2.53. The Morgan fingerprint density at radius 2 is 1.05 bits per heavy atom. The van der Waals surface area contributed by atoms with Gasteiger partial charge in [-0.2, -0.15) is 0 Å². The molecule has 0 spiro atoms. The zero-order valence-electron chi connectivity index (χ0n) is 25.4. The summed E-state index contributed by atoms with van der Waals surface area (Å²) in [4.78, 5) is 0. The second kappa shape index (κ2) is 10.2. The Hall–Kier alpha value is -3.90. The van der Waals surface area contributed by atoms with Gasteiger partial charge in [0.05, 0.1) is 5.41 Å². The van der Waals surface area contributed by atoms with Gasteiger partial charge in [0.15, 0.2) is 0 Å². The van der Waals surface area contributed by atoms with Gasteiger partial charge in [0.25, 0.3) is 0 Å². The Morgan fingerprint density at radius 1 is 0.512 bits per heavy atom. The van der Waals surface area contributed by atoms with E-state index in [1.54, 1.807) is 0 Å². The molecule has 0 nitrogen and oxygen atoms in total. The Balaban J connectivity index is 1.59. The molecule has 0 radical (unpaired) electrons. The van der Waals surface area contributed by atoms with E-state index in [1.165, 1.54) is 50.1 Å². The first-order valence-electron chi connectivity index (χ1n) is 15.0. The highest BCUT2D eigenvalue weighted by Gasteiger charge is 2.46. The van der Waals surface area contributed by atoms with Gasteiger partial charge in [-0.3, -0.25) is 0 Å². The van der Waals surface area contributed by atoms with Crippen LogP contribution in [0.5, 0.6) is 0 Å². The summed E-state index contributed by atoms with van der Waals surface area (Å²) >= 11 is 0. The minimum absolute atomic E-state index is 0.170. The van der Waals surface area contributed by atoms with Crippen molar-refractivity contribution in [2.24, 2.45) is 10.8 Å². The van der Waals surface area contributed by atoms with Crippen molar-refractivity contribution < 1.29 is 0 Å². The first kappa shape index (κ1) is 27.3. The lowest BCUT2D eigenvalue weighted by atomic mass is 9.66.